The summed E-state index contributed by atoms with van der Waals surface area (Å²) in [6, 6.07) is 9.35. The van der Waals surface area contributed by atoms with E-state index in [4.69, 9.17) is 16.3 Å². The Morgan fingerprint density at radius 1 is 1.23 bits per heavy atom. The van der Waals surface area contributed by atoms with E-state index < -0.39 is 0 Å². The lowest BCUT2D eigenvalue weighted by Crippen LogP contribution is -2.21. The summed E-state index contributed by atoms with van der Waals surface area (Å²) in [5.41, 5.74) is 2.07. The lowest BCUT2D eigenvalue weighted by molar-refractivity contribution is 0.0661. The Balaban J connectivity index is 1.50. The number of aromatic nitrogens is 4. The third kappa shape index (κ3) is 3.49. The number of H-pyrrole nitrogens is 1. The van der Waals surface area contributed by atoms with Crippen LogP contribution in [0.5, 0.6) is 0 Å². The predicted molar refractivity (Wildman–Crippen MR) is 98.3 cm³/mol. The van der Waals surface area contributed by atoms with Gasteiger partial charge in [0.05, 0.1) is 12.2 Å². The third-order valence-electron chi connectivity index (χ3n) is 4.44. The van der Waals surface area contributed by atoms with E-state index >= 15 is 0 Å². The molecule has 1 fully saturated rings. The van der Waals surface area contributed by atoms with Gasteiger partial charge in [-0.25, -0.2) is 0 Å². The second-order valence-electron chi connectivity index (χ2n) is 6.14. The van der Waals surface area contributed by atoms with E-state index in [-0.39, 0.29) is 11.9 Å². The maximum atomic E-state index is 12.6. The van der Waals surface area contributed by atoms with Gasteiger partial charge in [0.2, 0.25) is 0 Å². The summed E-state index contributed by atoms with van der Waals surface area (Å²) in [6.45, 7) is 1.45. The van der Waals surface area contributed by atoms with Crippen LogP contribution in [0, 0.1) is 0 Å². The molecule has 0 atom stereocenters. The first-order chi connectivity index (χ1) is 12.7. The summed E-state index contributed by atoms with van der Waals surface area (Å²) in [5.74, 6) is 0.244. The van der Waals surface area contributed by atoms with Crippen molar-refractivity contribution in [2.45, 2.75) is 18.9 Å². The average Bonchev–Trinajstić information content (AvgIpc) is 3.33. The normalized spacial score (nSPS) is 15.1. The Labute approximate surface area is 155 Å². The van der Waals surface area contributed by atoms with Crippen LogP contribution in [0.15, 0.2) is 42.7 Å². The molecule has 8 heteroatoms. The van der Waals surface area contributed by atoms with E-state index in [2.05, 4.69) is 20.6 Å². The molecule has 1 aliphatic rings. The van der Waals surface area contributed by atoms with E-state index in [1.807, 2.05) is 23.0 Å². The highest BCUT2D eigenvalue weighted by Crippen LogP contribution is 2.27. The molecule has 0 radical (unpaired) electrons. The first kappa shape index (κ1) is 16.8. The highest BCUT2D eigenvalue weighted by atomic mass is 35.5. The molecule has 0 unspecified atom stereocenters. The van der Waals surface area contributed by atoms with Crippen LogP contribution in [0.25, 0.3) is 11.1 Å². The first-order valence-corrected chi connectivity index (χ1v) is 8.82. The molecule has 134 valence electrons. The molecule has 1 amide bonds. The molecule has 0 spiro atoms. The number of hydrogen-bond donors (Lipinski definition) is 2. The van der Waals surface area contributed by atoms with Crippen molar-refractivity contribution < 1.29 is 9.53 Å². The van der Waals surface area contributed by atoms with Gasteiger partial charge in [0.25, 0.3) is 5.91 Å². The molecule has 2 aromatic heterocycles. The number of hydrogen-bond acceptors (Lipinski definition) is 4. The highest BCUT2D eigenvalue weighted by Gasteiger charge is 2.19. The summed E-state index contributed by atoms with van der Waals surface area (Å²) in [7, 11) is 0. The number of halogens is 1. The zero-order valence-corrected chi connectivity index (χ0v) is 14.7. The van der Waals surface area contributed by atoms with Crippen molar-refractivity contribution >= 4 is 23.3 Å². The number of rotatable bonds is 4. The maximum absolute atomic E-state index is 12.6. The molecule has 1 aliphatic heterocycles. The van der Waals surface area contributed by atoms with Crippen molar-refractivity contribution in [3.63, 3.8) is 0 Å². The van der Waals surface area contributed by atoms with E-state index in [0.29, 0.717) is 16.5 Å². The van der Waals surface area contributed by atoms with Crippen molar-refractivity contribution in [1.82, 2.24) is 20.0 Å². The topological polar surface area (TPSA) is 84.8 Å². The second kappa shape index (κ2) is 7.31. The molecule has 0 saturated carbocycles. The zero-order chi connectivity index (χ0) is 17.9. The number of nitrogens with one attached hydrogen (secondary N) is 2. The van der Waals surface area contributed by atoms with Crippen molar-refractivity contribution in [2.24, 2.45) is 0 Å². The van der Waals surface area contributed by atoms with E-state index in [0.717, 1.165) is 37.2 Å². The van der Waals surface area contributed by atoms with Gasteiger partial charge < -0.3 is 10.1 Å². The number of benzene rings is 1. The molecule has 3 heterocycles. The molecule has 26 heavy (non-hydrogen) atoms. The zero-order valence-electron chi connectivity index (χ0n) is 14.0. The summed E-state index contributed by atoms with van der Waals surface area (Å²) >= 11 is 5.93. The molecule has 2 N–H and O–H groups in total. The Kier molecular flexibility index (Phi) is 4.73. The molecular weight excluding hydrogens is 354 g/mol. The van der Waals surface area contributed by atoms with Crippen molar-refractivity contribution in [1.29, 1.82) is 0 Å². The largest absolute Gasteiger partial charge is 0.381 e. The predicted octanol–water partition coefficient (Wildman–Crippen LogP) is 3.53. The Morgan fingerprint density at radius 3 is 2.77 bits per heavy atom. The summed E-state index contributed by atoms with van der Waals surface area (Å²) in [4.78, 5) is 12.6. The van der Waals surface area contributed by atoms with Crippen LogP contribution in [-0.2, 0) is 4.74 Å². The van der Waals surface area contributed by atoms with E-state index in [1.54, 1.807) is 24.4 Å². The molecule has 0 bridgehead atoms. The third-order valence-corrected chi connectivity index (χ3v) is 4.69. The van der Waals surface area contributed by atoms with Gasteiger partial charge in [-0.3, -0.25) is 14.6 Å². The fourth-order valence-electron chi connectivity index (χ4n) is 3.02. The lowest BCUT2D eigenvalue weighted by Gasteiger charge is -2.22. The molecule has 3 aromatic rings. The van der Waals surface area contributed by atoms with Crippen molar-refractivity contribution in [2.75, 3.05) is 18.5 Å². The van der Waals surface area contributed by atoms with Crippen LogP contribution in [0.4, 0.5) is 5.82 Å². The van der Waals surface area contributed by atoms with Crippen molar-refractivity contribution in [3.8, 4) is 11.1 Å². The minimum atomic E-state index is -0.282. The van der Waals surface area contributed by atoms with Gasteiger partial charge in [-0.2, -0.15) is 10.2 Å². The number of ether oxygens (including phenoxy) is 1. The molecule has 4 rings (SSSR count). The summed E-state index contributed by atoms with van der Waals surface area (Å²) < 4.78 is 7.22. The molecule has 1 saturated heterocycles. The van der Waals surface area contributed by atoms with Gasteiger partial charge in [0.1, 0.15) is 5.82 Å². The smallest absolute Gasteiger partial charge is 0.277 e. The average molecular weight is 372 g/mol. The molecular formula is C18H18ClN5O2. The molecule has 7 nitrogen and oxygen atoms in total. The SMILES string of the molecule is O=C(Nc1[nH]ncc1-c1ccc(Cl)cc1)c1ccn(C2CCOCC2)n1. The van der Waals surface area contributed by atoms with E-state index in [9.17, 15) is 4.79 Å². The van der Waals surface area contributed by atoms with E-state index in [1.165, 1.54) is 0 Å². The maximum Gasteiger partial charge on any atom is 0.277 e. The standard InChI is InChI=1S/C18H18ClN5O2/c19-13-3-1-12(2-4-13)15-11-20-22-17(15)21-18(25)16-5-8-24(23-16)14-6-9-26-10-7-14/h1-5,8,11,14H,6-7,9-10H2,(H2,20,21,22,25). The number of anilines is 1. The minimum absolute atomic E-state index is 0.280. The number of carbonyl (C=O) groups is 1. The Bertz CT molecular complexity index is 896. The van der Waals surface area contributed by atoms with Gasteiger partial charge in [0, 0.05) is 30.0 Å². The highest BCUT2D eigenvalue weighted by molar-refractivity contribution is 6.30. The van der Waals surface area contributed by atoms with Gasteiger partial charge in [-0.1, -0.05) is 23.7 Å². The quantitative estimate of drug-likeness (QED) is 0.734. The number of carbonyl (C=O) groups excluding carboxylic acids is 1. The second-order valence-corrected chi connectivity index (χ2v) is 6.58. The number of aromatic amines is 1. The van der Waals surface area contributed by atoms with Crippen molar-refractivity contribution in [3.05, 3.63) is 53.4 Å². The summed E-state index contributed by atoms with van der Waals surface area (Å²) in [6.07, 6.45) is 5.32. The molecule has 0 aliphatic carbocycles. The first-order valence-electron chi connectivity index (χ1n) is 8.44. The number of amides is 1. The Morgan fingerprint density at radius 2 is 2.00 bits per heavy atom. The van der Waals surface area contributed by atoms with Crippen LogP contribution < -0.4 is 5.32 Å². The van der Waals surface area contributed by atoms with Crippen LogP contribution >= 0.6 is 11.6 Å². The van der Waals surface area contributed by atoms with Crippen LogP contribution in [0.1, 0.15) is 29.4 Å². The fourth-order valence-corrected chi connectivity index (χ4v) is 3.15. The Hall–Kier alpha value is -2.64. The van der Waals surface area contributed by atoms with Crippen LogP contribution in [-0.4, -0.2) is 39.1 Å². The fraction of sp³-hybridized carbons (Fsp3) is 0.278. The van der Waals surface area contributed by atoms with Gasteiger partial charge in [-0.05, 0) is 36.6 Å². The monoisotopic (exact) mass is 371 g/mol. The number of nitrogens with zero attached hydrogens (tertiary/aromatic N) is 3. The van der Waals surface area contributed by atoms with Gasteiger partial charge >= 0.3 is 0 Å². The van der Waals surface area contributed by atoms with Gasteiger partial charge in [0.15, 0.2) is 5.69 Å². The van der Waals surface area contributed by atoms with Crippen LogP contribution in [0.2, 0.25) is 5.02 Å². The minimum Gasteiger partial charge on any atom is -0.381 e. The molecule has 1 aromatic carbocycles. The summed E-state index contributed by atoms with van der Waals surface area (Å²) in [5, 5.41) is 14.8. The lowest BCUT2D eigenvalue weighted by atomic mass is 10.1. The van der Waals surface area contributed by atoms with Gasteiger partial charge in [-0.15, -0.1) is 0 Å². The van der Waals surface area contributed by atoms with Crippen LogP contribution in [0.3, 0.4) is 0 Å².